The predicted molar refractivity (Wildman–Crippen MR) is 86.2 cm³/mol. The van der Waals surface area contributed by atoms with Gasteiger partial charge >= 0.3 is 6.18 Å². The minimum Gasteiger partial charge on any atom is -0.296 e. The van der Waals surface area contributed by atoms with E-state index in [1.54, 1.807) is 18.2 Å². The lowest BCUT2D eigenvalue weighted by molar-refractivity contribution is -0.141. The molecule has 0 bridgehead atoms. The van der Waals surface area contributed by atoms with Crippen LogP contribution >= 0.6 is 0 Å². The highest BCUT2D eigenvalue weighted by Crippen LogP contribution is 2.30. The lowest BCUT2D eigenvalue weighted by Gasteiger charge is -2.06. The van der Waals surface area contributed by atoms with Crippen LogP contribution in [0.15, 0.2) is 53.5 Å². The molecule has 0 saturated carbocycles. The molecule has 0 fully saturated rings. The third kappa shape index (κ3) is 2.37. The number of aryl methyl sites for hydroxylation is 1. The van der Waals surface area contributed by atoms with Crippen LogP contribution < -0.4 is 5.56 Å². The number of pyridine rings is 1. The van der Waals surface area contributed by atoms with Gasteiger partial charge in [0.25, 0.3) is 5.56 Å². The van der Waals surface area contributed by atoms with E-state index in [0.717, 1.165) is 12.3 Å². The summed E-state index contributed by atoms with van der Waals surface area (Å²) in [6.07, 6.45) is -3.64. The summed E-state index contributed by atoms with van der Waals surface area (Å²) in [5.74, 6) is 0. The van der Waals surface area contributed by atoms with Crippen molar-refractivity contribution in [3.63, 3.8) is 0 Å². The van der Waals surface area contributed by atoms with Gasteiger partial charge in [-0.05, 0) is 24.3 Å². The van der Waals surface area contributed by atoms with E-state index >= 15 is 0 Å². The molecule has 4 rings (SSSR count). The molecule has 5 nitrogen and oxygen atoms in total. The average molecular weight is 347 g/mol. The summed E-state index contributed by atoms with van der Waals surface area (Å²) in [5, 5.41) is 4.39. The fourth-order valence-electron chi connectivity index (χ4n) is 2.66. The van der Waals surface area contributed by atoms with Gasteiger partial charge < -0.3 is 0 Å². The van der Waals surface area contributed by atoms with Gasteiger partial charge in [0.2, 0.25) is 0 Å². The standard InChI is InChI=1S/C17H11F3N4O/c1-23-15-9-12(10-6-7-21-14(8-10)17(18,19)20)22-24(15)13-5-3-2-4-11(13)16(23)25/h2-9H,1H3/i1D3. The number of alkyl halides is 3. The molecule has 25 heavy (non-hydrogen) atoms. The summed E-state index contributed by atoms with van der Waals surface area (Å²) in [7, 11) is 0. The second-order valence-corrected chi connectivity index (χ2v) is 5.38. The molecule has 0 amide bonds. The van der Waals surface area contributed by atoms with Gasteiger partial charge in [0.15, 0.2) is 0 Å². The van der Waals surface area contributed by atoms with Crippen LogP contribution in [0.2, 0.25) is 0 Å². The first kappa shape index (κ1) is 12.2. The van der Waals surface area contributed by atoms with Crippen molar-refractivity contribution in [3.8, 4) is 11.3 Å². The SMILES string of the molecule is [2H]C([2H])([2H])n1c(=O)c2ccccc2n2nc(-c3ccnc(C(F)(F)F)c3)cc12. The molecule has 0 aliphatic heterocycles. The van der Waals surface area contributed by atoms with Crippen LogP contribution in [-0.4, -0.2) is 19.2 Å². The number of halogens is 3. The molecular weight excluding hydrogens is 333 g/mol. The van der Waals surface area contributed by atoms with E-state index in [9.17, 15) is 18.0 Å². The van der Waals surface area contributed by atoms with Crippen molar-refractivity contribution in [1.29, 1.82) is 0 Å². The van der Waals surface area contributed by atoms with E-state index in [1.165, 1.54) is 22.7 Å². The molecule has 3 heterocycles. The van der Waals surface area contributed by atoms with Crippen molar-refractivity contribution in [2.45, 2.75) is 6.18 Å². The second kappa shape index (κ2) is 5.17. The van der Waals surface area contributed by atoms with Crippen LogP contribution in [0, 0.1) is 0 Å². The Kier molecular flexibility index (Phi) is 2.53. The average Bonchev–Trinajstić information content (AvgIpc) is 3.05. The summed E-state index contributed by atoms with van der Waals surface area (Å²) in [4.78, 5) is 16.0. The van der Waals surface area contributed by atoms with Gasteiger partial charge in [-0.3, -0.25) is 14.3 Å². The number of para-hydroxylation sites is 1. The monoisotopic (exact) mass is 347 g/mol. The van der Waals surface area contributed by atoms with Crippen LogP contribution in [0.1, 0.15) is 9.81 Å². The van der Waals surface area contributed by atoms with Crippen molar-refractivity contribution >= 4 is 16.6 Å². The molecule has 4 aromatic rings. The molecule has 1 aromatic carbocycles. The highest BCUT2D eigenvalue weighted by molar-refractivity contribution is 5.81. The molecule has 8 heteroatoms. The van der Waals surface area contributed by atoms with Crippen LogP contribution in [-0.2, 0) is 13.2 Å². The van der Waals surface area contributed by atoms with Gasteiger partial charge in [0, 0.05) is 28.9 Å². The normalized spacial score (nSPS) is 14.4. The van der Waals surface area contributed by atoms with E-state index in [4.69, 9.17) is 4.11 Å². The Morgan fingerprint density at radius 3 is 2.72 bits per heavy atom. The van der Waals surface area contributed by atoms with Crippen LogP contribution in [0.25, 0.3) is 27.8 Å². The molecule has 0 saturated heterocycles. The summed E-state index contributed by atoms with van der Waals surface area (Å²) in [5.41, 5.74) is -1.36. The van der Waals surface area contributed by atoms with Crippen molar-refractivity contribution in [2.24, 2.45) is 6.98 Å². The van der Waals surface area contributed by atoms with E-state index < -0.39 is 24.4 Å². The Morgan fingerprint density at radius 2 is 1.96 bits per heavy atom. The number of aromatic nitrogens is 4. The highest BCUT2D eigenvalue weighted by atomic mass is 19.4. The molecule has 0 spiro atoms. The summed E-state index contributed by atoms with van der Waals surface area (Å²) < 4.78 is 63.8. The Morgan fingerprint density at radius 1 is 1.16 bits per heavy atom. The Hall–Kier alpha value is -3.16. The number of fused-ring (bicyclic) bond motifs is 3. The van der Waals surface area contributed by atoms with Gasteiger partial charge in [0.1, 0.15) is 11.3 Å². The smallest absolute Gasteiger partial charge is 0.296 e. The zero-order valence-electron chi connectivity index (χ0n) is 15.4. The maximum absolute atomic E-state index is 13.0. The second-order valence-electron chi connectivity index (χ2n) is 5.38. The maximum atomic E-state index is 13.0. The minimum atomic E-state index is -4.64. The van der Waals surface area contributed by atoms with Crippen molar-refractivity contribution < 1.29 is 17.3 Å². The topological polar surface area (TPSA) is 52.2 Å². The summed E-state index contributed by atoms with van der Waals surface area (Å²) in [6, 6.07) is 9.71. The lowest BCUT2D eigenvalue weighted by atomic mass is 10.1. The highest BCUT2D eigenvalue weighted by Gasteiger charge is 2.32. The van der Waals surface area contributed by atoms with Gasteiger partial charge in [-0.1, -0.05) is 12.1 Å². The predicted octanol–water partition coefficient (Wildman–Crippen LogP) is 3.27. The van der Waals surface area contributed by atoms with E-state index in [0.29, 0.717) is 10.1 Å². The summed E-state index contributed by atoms with van der Waals surface area (Å²) in [6.45, 7) is -2.80. The van der Waals surface area contributed by atoms with Gasteiger partial charge in [0.05, 0.1) is 16.6 Å². The van der Waals surface area contributed by atoms with Crippen LogP contribution in [0.5, 0.6) is 0 Å². The van der Waals surface area contributed by atoms with Gasteiger partial charge in [-0.25, -0.2) is 4.52 Å². The quantitative estimate of drug-likeness (QED) is 0.531. The number of hydrogen-bond acceptors (Lipinski definition) is 3. The van der Waals surface area contributed by atoms with Crippen molar-refractivity contribution in [2.75, 3.05) is 0 Å². The Balaban J connectivity index is 2.07. The Bertz CT molecular complexity index is 1270. The van der Waals surface area contributed by atoms with Gasteiger partial charge in [-0.2, -0.15) is 18.3 Å². The molecule has 0 atom stereocenters. The maximum Gasteiger partial charge on any atom is 0.433 e. The van der Waals surface area contributed by atoms with E-state index in [-0.39, 0.29) is 22.3 Å². The molecule has 0 aliphatic carbocycles. The molecule has 0 unspecified atom stereocenters. The number of hydrogen-bond donors (Lipinski definition) is 0. The third-order valence-electron chi connectivity index (χ3n) is 3.83. The first-order chi connectivity index (χ1) is 13.1. The number of benzene rings is 1. The first-order valence-corrected chi connectivity index (χ1v) is 7.15. The molecular formula is C17H11F3N4O. The molecule has 0 N–H and O–H groups in total. The van der Waals surface area contributed by atoms with E-state index in [2.05, 4.69) is 10.1 Å². The number of nitrogens with zero attached hydrogens (tertiary/aromatic N) is 4. The zero-order valence-corrected chi connectivity index (χ0v) is 12.4. The Labute approximate surface area is 143 Å². The van der Waals surface area contributed by atoms with Crippen LogP contribution in [0.4, 0.5) is 13.2 Å². The van der Waals surface area contributed by atoms with Gasteiger partial charge in [-0.15, -0.1) is 0 Å². The third-order valence-corrected chi connectivity index (χ3v) is 3.83. The molecule has 3 aromatic heterocycles. The minimum absolute atomic E-state index is 0.0518. The largest absolute Gasteiger partial charge is 0.433 e. The summed E-state index contributed by atoms with van der Waals surface area (Å²) >= 11 is 0. The fourth-order valence-corrected chi connectivity index (χ4v) is 2.66. The molecule has 126 valence electrons. The lowest BCUT2D eigenvalue weighted by Crippen LogP contribution is -2.19. The molecule has 0 radical (unpaired) electrons. The zero-order chi connectivity index (χ0) is 20.3. The van der Waals surface area contributed by atoms with Crippen molar-refractivity contribution in [3.05, 3.63) is 64.7 Å². The molecule has 0 aliphatic rings. The van der Waals surface area contributed by atoms with Crippen LogP contribution in [0.3, 0.4) is 0 Å². The van der Waals surface area contributed by atoms with Crippen molar-refractivity contribution in [1.82, 2.24) is 19.2 Å². The number of rotatable bonds is 1. The van der Waals surface area contributed by atoms with E-state index in [1.807, 2.05) is 0 Å². The fraction of sp³-hybridized carbons (Fsp3) is 0.118. The first-order valence-electron chi connectivity index (χ1n) is 8.65.